The van der Waals surface area contributed by atoms with E-state index in [0.717, 1.165) is 4.68 Å². The molecule has 0 unspecified atom stereocenters. The summed E-state index contributed by atoms with van der Waals surface area (Å²) >= 11 is 0. The van der Waals surface area contributed by atoms with Gasteiger partial charge in [0, 0.05) is 28.8 Å². The minimum atomic E-state index is -3.46. The lowest BCUT2D eigenvalue weighted by Gasteiger charge is -2.17. The van der Waals surface area contributed by atoms with Gasteiger partial charge in [-0.15, -0.1) is 0 Å². The molecule has 0 saturated carbocycles. The van der Waals surface area contributed by atoms with E-state index in [1.807, 2.05) is 0 Å². The predicted octanol–water partition coefficient (Wildman–Crippen LogP) is 9.06. The largest absolute Gasteiger partial charge is 0.493 e. The number of methoxy groups -OCH3 is 2. The normalized spacial score (nSPS) is 10.8. The van der Waals surface area contributed by atoms with Gasteiger partial charge in [-0.05, 0) is 97.8 Å². The number of nitrogens with one attached hydrogen (secondary N) is 1. The Morgan fingerprint density at radius 2 is 1.07 bits per heavy atom. The number of carboxylic acids is 1. The van der Waals surface area contributed by atoms with Crippen molar-refractivity contribution in [3.05, 3.63) is 152 Å². The average molecular weight is 986 g/mol. The zero-order valence-electron chi connectivity index (χ0n) is 36.3. The number of rotatable bonds is 20. The molecule has 1 amide bonds. The van der Waals surface area contributed by atoms with Crippen LogP contribution in [0.1, 0.15) is 60.5 Å². The fraction of sp³-hybridized carbons (Fsp3) is 0.277. The molecule has 17 nitrogen and oxygen atoms in total. The molecule has 0 aliphatic rings. The number of hydrogen-bond donors (Lipinski definition) is 2. The molecule has 2 aromatic heterocycles. The number of aromatic nitrogens is 4. The van der Waals surface area contributed by atoms with Crippen LogP contribution in [-0.4, -0.2) is 83.5 Å². The average Bonchev–Trinajstić information content (AvgIpc) is 3.30. The standard InChI is InChI=1S/C25H28F2N3O7P.C20H16F2N2O5.2CH4/c1-4-35-38(33,36-5-2)16-28-24(32)19-8-6-7-17(13-19)15-30-23(31)12-10-20(29-30)18-9-11-21(34-3)22(14-18)37-25(26)27;1-28-16-7-5-13(10-17(16)29-20(21)22)15-6-8-18(25)24(23-15)11-12-3-2-4-14(9-12)19(26)27;;/h6-14,25H,4-5,15-16H2,1-3H3,(H,28,32);2-10,20H,11H2,1H3,(H,26,27);2*1H4. The van der Waals surface area contributed by atoms with Gasteiger partial charge in [0.15, 0.2) is 23.0 Å². The van der Waals surface area contributed by atoms with Crippen molar-refractivity contribution in [1.29, 1.82) is 0 Å². The number of hydrogen-bond acceptors (Lipinski definition) is 13. The third-order valence-electron chi connectivity index (χ3n) is 9.20. The van der Waals surface area contributed by atoms with Crippen LogP contribution in [0.25, 0.3) is 22.5 Å². The molecule has 370 valence electrons. The Hall–Kier alpha value is -7.35. The third-order valence-corrected chi connectivity index (χ3v) is 11.0. The molecule has 2 N–H and O–H groups in total. The van der Waals surface area contributed by atoms with Gasteiger partial charge in [-0.3, -0.25) is 18.9 Å². The molecule has 6 aromatic rings. The number of carbonyl (C=O) groups excluding carboxylic acids is 1. The highest BCUT2D eigenvalue weighted by Crippen LogP contribution is 2.46. The second-order valence-electron chi connectivity index (χ2n) is 13.7. The van der Waals surface area contributed by atoms with E-state index in [0.29, 0.717) is 33.6 Å². The molecule has 0 radical (unpaired) electrons. The maximum absolute atomic E-state index is 12.8. The second-order valence-corrected chi connectivity index (χ2v) is 15.8. The summed E-state index contributed by atoms with van der Waals surface area (Å²) in [5.41, 5.74) is 2.29. The number of carboxylic acid groups (broad SMARTS) is 1. The molecule has 6 rings (SSSR count). The SMILES string of the molecule is C.C.CCOP(=O)(CNC(=O)c1cccc(Cn2nc(-c3ccc(OC)c(OC(F)F)c3)ccc2=O)c1)OCC.COc1ccc(-c2ccc(=O)n(Cc3cccc(C(=O)O)c3)n2)cc1OC(F)F. The molecule has 69 heavy (non-hydrogen) atoms. The number of carbonyl (C=O) groups is 2. The smallest absolute Gasteiger partial charge is 0.387 e. The predicted molar refractivity (Wildman–Crippen MR) is 249 cm³/mol. The molecule has 0 spiro atoms. The van der Waals surface area contributed by atoms with E-state index in [1.54, 1.807) is 62.4 Å². The lowest BCUT2D eigenvalue weighted by Crippen LogP contribution is -2.26. The summed E-state index contributed by atoms with van der Waals surface area (Å²) in [5.74, 6) is -1.65. The van der Waals surface area contributed by atoms with Crippen molar-refractivity contribution >= 4 is 19.5 Å². The van der Waals surface area contributed by atoms with Crippen molar-refractivity contribution in [3.63, 3.8) is 0 Å². The fourth-order valence-corrected chi connectivity index (χ4v) is 7.61. The van der Waals surface area contributed by atoms with Gasteiger partial charge in [-0.1, -0.05) is 39.1 Å². The van der Waals surface area contributed by atoms with Crippen molar-refractivity contribution in [2.75, 3.05) is 33.7 Å². The van der Waals surface area contributed by atoms with E-state index in [-0.39, 0.29) is 81.6 Å². The summed E-state index contributed by atoms with van der Waals surface area (Å²) in [6, 6.07) is 27.0. The van der Waals surface area contributed by atoms with E-state index in [1.165, 1.54) is 79.6 Å². The molecule has 4 aromatic carbocycles. The number of benzene rings is 4. The summed E-state index contributed by atoms with van der Waals surface area (Å²) in [6.45, 7) is -2.32. The number of aromatic carboxylic acids is 1. The van der Waals surface area contributed by atoms with Gasteiger partial charge < -0.3 is 38.4 Å². The zero-order valence-corrected chi connectivity index (χ0v) is 37.2. The molecule has 22 heteroatoms. The zero-order chi connectivity index (χ0) is 48.7. The molecule has 0 saturated heterocycles. The van der Waals surface area contributed by atoms with E-state index >= 15 is 0 Å². The van der Waals surface area contributed by atoms with E-state index < -0.39 is 43.8 Å². The minimum Gasteiger partial charge on any atom is -0.493 e. The number of amides is 1. The lowest BCUT2D eigenvalue weighted by molar-refractivity contribution is -0.0518. The van der Waals surface area contributed by atoms with Crippen LogP contribution < -0.4 is 35.4 Å². The second kappa shape index (κ2) is 26.3. The van der Waals surface area contributed by atoms with Crippen LogP contribution in [0, 0.1) is 0 Å². The maximum atomic E-state index is 12.8. The number of halogens is 4. The first-order valence-corrected chi connectivity index (χ1v) is 21.8. The Morgan fingerprint density at radius 1 is 0.638 bits per heavy atom. The summed E-state index contributed by atoms with van der Waals surface area (Å²) < 4.78 is 95.2. The topological polar surface area (TPSA) is 209 Å². The maximum Gasteiger partial charge on any atom is 0.387 e. The molecule has 0 fully saturated rings. The van der Waals surface area contributed by atoms with Crippen LogP contribution in [0.3, 0.4) is 0 Å². The quantitative estimate of drug-likeness (QED) is 0.0540. The van der Waals surface area contributed by atoms with Gasteiger partial charge >= 0.3 is 26.8 Å². The first kappa shape index (κ1) is 56.0. The van der Waals surface area contributed by atoms with Crippen LogP contribution in [0.2, 0.25) is 0 Å². The van der Waals surface area contributed by atoms with Crippen molar-refractivity contribution in [2.24, 2.45) is 0 Å². The summed E-state index contributed by atoms with van der Waals surface area (Å²) in [4.78, 5) is 48.5. The van der Waals surface area contributed by atoms with Crippen LogP contribution >= 0.6 is 7.60 Å². The highest BCUT2D eigenvalue weighted by Gasteiger charge is 2.25. The van der Waals surface area contributed by atoms with Gasteiger partial charge in [0.05, 0.1) is 57.5 Å². The van der Waals surface area contributed by atoms with Crippen molar-refractivity contribution in [3.8, 4) is 45.5 Å². The molecule has 0 aliphatic heterocycles. The highest BCUT2D eigenvalue weighted by atomic mass is 31.2. The van der Waals surface area contributed by atoms with Gasteiger partial charge in [-0.25, -0.2) is 14.2 Å². The van der Waals surface area contributed by atoms with Crippen molar-refractivity contribution in [1.82, 2.24) is 24.9 Å². The molecular formula is C47H52F4N5O12P. The fourth-order valence-electron chi connectivity index (χ4n) is 6.23. The molecular weight excluding hydrogens is 934 g/mol. The van der Waals surface area contributed by atoms with E-state index in [9.17, 15) is 41.3 Å². The molecule has 0 bridgehead atoms. The molecule has 0 atom stereocenters. The molecule has 2 heterocycles. The summed E-state index contributed by atoms with van der Waals surface area (Å²) in [7, 11) is -0.804. The molecule has 0 aliphatic carbocycles. The number of ether oxygens (including phenoxy) is 4. The van der Waals surface area contributed by atoms with Crippen LogP contribution in [-0.2, 0) is 26.7 Å². The van der Waals surface area contributed by atoms with Crippen LogP contribution in [0.4, 0.5) is 17.6 Å². The van der Waals surface area contributed by atoms with Crippen LogP contribution in [0.15, 0.2) is 119 Å². The highest BCUT2D eigenvalue weighted by molar-refractivity contribution is 7.53. The van der Waals surface area contributed by atoms with Gasteiger partial charge in [0.1, 0.15) is 6.29 Å². The Morgan fingerprint density at radius 3 is 1.48 bits per heavy atom. The Bertz CT molecular complexity index is 2840. The van der Waals surface area contributed by atoms with Gasteiger partial charge in [0.25, 0.3) is 17.0 Å². The van der Waals surface area contributed by atoms with Crippen LogP contribution in [0.5, 0.6) is 23.0 Å². The monoisotopic (exact) mass is 985 g/mol. The van der Waals surface area contributed by atoms with E-state index in [4.69, 9.17) is 23.6 Å². The summed E-state index contributed by atoms with van der Waals surface area (Å²) in [5, 5.41) is 20.3. The third kappa shape index (κ3) is 15.9. The first-order valence-electron chi connectivity index (χ1n) is 20.1. The number of alkyl halides is 4. The van der Waals surface area contributed by atoms with Gasteiger partial charge in [-0.2, -0.15) is 27.8 Å². The minimum absolute atomic E-state index is 0. The Labute approximate surface area is 394 Å². The lowest BCUT2D eigenvalue weighted by atomic mass is 10.1. The Balaban J connectivity index is 0.000000367. The van der Waals surface area contributed by atoms with Crippen molar-refractivity contribution < 1.29 is 64.8 Å². The number of nitrogens with zero attached hydrogens (tertiary/aromatic N) is 4. The summed E-state index contributed by atoms with van der Waals surface area (Å²) in [6.07, 6.45) is -0.292. The Kier molecular flexibility index (Phi) is 21.3. The first-order chi connectivity index (χ1) is 32.0. The van der Waals surface area contributed by atoms with Gasteiger partial charge in [0.2, 0.25) is 0 Å². The van der Waals surface area contributed by atoms with Crippen molar-refractivity contribution in [2.45, 2.75) is 55.0 Å². The van der Waals surface area contributed by atoms with E-state index in [2.05, 4.69) is 25.0 Å².